The summed E-state index contributed by atoms with van der Waals surface area (Å²) in [7, 11) is -3.55. The summed E-state index contributed by atoms with van der Waals surface area (Å²) in [6, 6.07) is 5.12. The molecule has 1 aromatic rings. The number of piperidine rings is 1. The van der Waals surface area contributed by atoms with E-state index in [1.807, 2.05) is 6.07 Å². The molecule has 0 saturated carbocycles. The third kappa shape index (κ3) is 4.97. The number of hydrogen-bond donors (Lipinski definition) is 2. The second-order valence-corrected chi connectivity index (χ2v) is 8.73. The van der Waals surface area contributed by atoms with Crippen molar-refractivity contribution in [3.8, 4) is 0 Å². The fourth-order valence-electron chi connectivity index (χ4n) is 3.70. The third-order valence-corrected chi connectivity index (χ3v) is 6.57. The molecule has 26 heavy (non-hydrogen) atoms. The molecule has 1 aromatic carbocycles. The molecule has 1 atom stereocenters. The van der Waals surface area contributed by atoms with Crippen molar-refractivity contribution in [1.29, 1.82) is 0 Å². The van der Waals surface area contributed by atoms with Gasteiger partial charge in [-0.1, -0.05) is 6.07 Å². The summed E-state index contributed by atoms with van der Waals surface area (Å²) in [6.07, 6.45) is 4.94. The molecule has 3 rings (SSSR count). The fraction of sp³-hybridized carbons (Fsp3) is 0.611. The lowest BCUT2D eigenvalue weighted by atomic mass is 9.96. The van der Waals surface area contributed by atoms with E-state index >= 15 is 0 Å². The first-order valence-corrected chi connectivity index (χ1v) is 10.6. The summed E-state index contributed by atoms with van der Waals surface area (Å²) in [5.41, 5.74) is 1.77. The number of nitrogens with one attached hydrogen (secondary N) is 2. The predicted octanol–water partition coefficient (Wildman–Crippen LogP) is 2.08. The molecule has 2 aliphatic rings. The Morgan fingerprint density at radius 1 is 1.35 bits per heavy atom. The van der Waals surface area contributed by atoms with Gasteiger partial charge in [0.25, 0.3) is 0 Å². The van der Waals surface area contributed by atoms with Crippen LogP contribution in [0.25, 0.3) is 0 Å². The van der Waals surface area contributed by atoms with Gasteiger partial charge in [0.15, 0.2) is 0 Å². The molecule has 0 bridgehead atoms. The van der Waals surface area contributed by atoms with Crippen molar-refractivity contribution in [3.63, 3.8) is 0 Å². The number of rotatable bonds is 5. The maximum atomic E-state index is 12.6. The summed E-state index contributed by atoms with van der Waals surface area (Å²) in [5, 5.41) is 3.35. The Hall–Kier alpha value is -1.15. The Bertz CT molecular complexity index is 733. The lowest BCUT2D eigenvalue weighted by Gasteiger charge is -2.29. The molecular formula is C18H28ClN3O3S. The number of halogens is 1. The first kappa shape index (κ1) is 21.2. The summed E-state index contributed by atoms with van der Waals surface area (Å²) in [5.74, 6) is 0.487. The van der Waals surface area contributed by atoms with Crippen molar-refractivity contribution in [1.82, 2.24) is 10.0 Å². The van der Waals surface area contributed by atoms with Crippen molar-refractivity contribution in [3.05, 3.63) is 23.8 Å². The minimum atomic E-state index is -3.55. The monoisotopic (exact) mass is 401 g/mol. The fourth-order valence-corrected chi connectivity index (χ4v) is 4.77. The van der Waals surface area contributed by atoms with Crippen molar-refractivity contribution < 1.29 is 13.2 Å². The number of sulfonamides is 1. The first-order chi connectivity index (χ1) is 12.0. The van der Waals surface area contributed by atoms with Gasteiger partial charge in [-0.15, -0.1) is 12.4 Å². The second-order valence-electron chi connectivity index (χ2n) is 6.96. The van der Waals surface area contributed by atoms with Crippen LogP contribution >= 0.6 is 12.4 Å². The number of benzene rings is 1. The van der Waals surface area contributed by atoms with E-state index in [1.165, 1.54) is 6.92 Å². The number of fused-ring (bicyclic) bond motifs is 1. The number of carbonyl (C=O) groups excluding carboxylic acids is 1. The highest BCUT2D eigenvalue weighted by Gasteiger charge is 2.23. The van der Waals surface area contributed by atoms with E-state index in [-0.39, 0.29) is 23.2 Å². The second kappa shape index (κ2) is 9.17. The van der Waals surface area contributed by atoms with Crippen molar-refractivity contribution in [2.75, 3.05) is 31.1 Å². The van der Waals surface area contributed by atoms with Crippen molar-refractivity contribution >= 4 is 34.0 Å². The summed E-state index contributed by atoms with van der Waals surface area (Å²) in [6.45, 7) is 4.64. The summed E-state index contributed by atoms with van der Waals surface area (Å²) < 4.78 is 27.9. The zero-order valence-corrected chi connectivity index (χ0v) is 16.8. The van der Waals surface area contributed by atoms with Crippen molar-refractivity contribution in [2.45, 2.75) is 43.9 Å². The highest BCUT2D eigenvalue weighted by molar-refractivity contribution is 7.89. The molecule has 2 N–H and O–H groups in total. The van der Waals surface area contributed by atoms with Crippen LogP contribution in [0.1, 0.15) is 38.2 Å². The highest BCUT2D eigenvalue weighted by Crippen LogP contribution is 2.29. The van der Waals surface area contributed by atoms with E-state index in [0.29, 0.717) is 19.0 Å². The average molecular weight is 402 g/mol. The SMILES string of the molecule is CC(=O)N1CCCc2ccc(S(=O)(=O)NCCC3CCCNC3)cc21.Cl. The molecule has 8 heteroatoms. The molecule has 2 aliphatic heterocycles. The predicted molar refractivity (Wildman–Crippen MR) is 105 cm³/mol. The van der Waals surface area contributed by atoms with Gasteiger partial charge in [-0.2, -0.15) is 0 Å². The van der Waals surface area contributed by atoms with E-state index in [2.05, 4.69) is 10.0 Å². The molecule has 1 saturated heterocycles. The van der Waals surface area contributed by atoms with Gasteiger partial charge >= 0.3 is 0 Å². The smallest absolute Gasteiger partial charge is 0.240 e. The molecule has 1 unspecified atom stereocenters. The van der Waals surface area contributed by atoms with E-state index in [4.69, 9.17) is 0 Å². The van der Waals surface area contributed by atoms with Crippen molar-refractivity contribution in [2.24, 2.45) is 5.92 Å². The van der Waals surface area contributed by atoms with Gasteiger partial charge in [0.1, 0.15) is 0 Å². The normalized spacial score (nSPS) is 20.2. The van der Waals surface area contributed by atoms with E-state index in [9.17, 15) is 13.2 Å². The quantitative estimate of drug-likeness (QED) is 0.791. The van der Waals surface area contributed by atoms with Crippen LogP contribution in [0, 0.1) is 5.92 Å². The van der Waals surface area contributed by atoms with E-state index in [0.717, 1.165) is 56.4 Å². The van der Waals surface area contributed by atoms with Crippen LogP contribution in [0.3, 0.4) is 0 Å². The number of aryl methyl sites for hydroxylation is 1. The molecule has 0 radical (unpaired) electrons. The zero-order valence-electron chi connectivity index (χ0n) is 15.2. The standard InChI is InChI=1S/C18H27N3O3S.ClH/c1-14(22)21-11-3-5-16-6-7-17(12-18(16)21)25(23,24)20-10-8-15-4-2-9-19-13-15;/h6-7,12,15,19-20H,2-5,8-11,13H2,1H3;1H. The van der Waals surface area contributed by atoms with E-state index < -0.39 is 10.0 Å². The van der Waals surface area contributed by atoms with Gasteiger partial charge in [0.2, 0.25) is 15.9 Å². The molecule has 6 nitrogen and oxygen atoms in total. The lowest BCUT2D eigenvalue weighted by molar-refractivity contribution is -0.116. The Morgan fingerprint density at radius 3 is 2.85 bits per heavy atom. The average Bonchev–Trinajstić information content (AvgIpc) is 2.61. The molecule has 146 valence electrons. The Morgan fingerprint density at radius 2 is 2.15 bits per heavy atom. The van der Waals surface area contributed by atoms with Crippen LogP contribution < -0.4 is 14.9 Å². The van der Waals surface area contributed by atoms with Crippen LogP contribution in [0.5, 0.6) is 0 Å². The maximum absolute atomic E-state index is 12.6. The molecule has 2 heterocycles. The number of amides is 1. The third-order valence-electron chi connectivity index (χ3n) is 5.11. The van der Waals surface area contributed by atoms with Gasteiger partial charge in [0.05, 0.1) is 4.90 Å². The van der Waals surface area contributed by atoms with Crippen LogP contribution in [0.15, 0.2) is 23.1 Å². The number of nitrogens with zero attached hydrogens (tertiary/aromatic N) is 1. The minimum Gasteiger partial charge on any atom is -0.316 e. The first-order valence-electron chi connectivity index (χ1n) is 9.09. The minimum absolute atomic E-state index is 0. The zero-order chi connectivity index (χ0) is 17.9. The van der Waals surface area contributed by atoms with E-state index in [1.54, 1.807) is 17.0 Å². The van der Waals surface area contributed by atoms with Gasteiger partial charge in [0, 0.05) is 25.7 Å². The molecule has 0 aromatic heterocycles. The van der Waals surface area contributed by atoms with Crippen LogP contribution in [0.4, 0.5) is 5.69 Å². The number of anilines is 1. The lowest BCUT2D eigenvalue weighted by Crippen LogP contribution is -2.34. The van der Waals surface area contributed by atoms with Gasteiger partial charge in [-0.25, -0.2) is 13.1 Å². The highest BCUT2D eigenvalue weighted by atomic mass is 35.5. The molecule has 1 fully saturated rings. The summed E-state index contributed by atoms with van der Waals surface area (Å²) >= 11 is 0. The molecule has 1 amide bonds. The van der Waals surface area contributed by atoms with Crippen LogP contribution in [-0.4, -0.2) is 40.5 Å². The Kier molecular flexibility index (Phi) is 7.46. The molecular weight excluding hydrogens is 374 g/mol. The molecule has 0 spiro atoms. The van der Waals surface area contributed by atoms with Crippen LogP contribution in [-0.2, 0) is 21.2 Å². The summed E-state index contributed by atoms with van der Waals surface area (Å²) in [4.78, 5) is 13.7. The van der Waals surface area contributed by atoms with Gasteiger partial charge in [-0.05, 0) is 68.8 Å². The number of hydrogen-bond acceptors (Lipinski definition) is 4. The maximum Gasteiger partial charge on any atom is 0.240 e. The number of carbonyl (C=O) groups is 1. The van der Waals surface area contributed by atoms with Gasteiger partial charge < -0.3 is 10.2 Å². The Labute approximate surface area is 162 Å². The Balaban J connectivity index is 0.00000243. The molecule has 0 aliphatic carbocycles. The topological polar surface area (TPSA) is 78.5 Å². The largest absolute Gasteiger partial charge is 0.316 e. The van der Waals surface area contributed by atoms with Gasteiger partial charge in [-0.3, -0.25) is 4.79 Å². The van der Waals surface area contributed by atoms with Crippen LogP contribution in [0.2, 0.25) is 0 Å².